The summed E-state index contributed by atoms with van der Waals surface area (Å²) in [5, 5.41) is 4.12. The van der Waals surface area contributed by atoms with E-state index in [0.717, 1.165) is 35.8 Å². The molecule has 5 rings (SSSR count). The SMILES string of the molecule is O=C(NCCC1C2CN(c3nc(Cl)ncc3F)CC12)c1cc2ccncc2s1. The molecule has 144 valence electrons. The molecule has 2 fully saturated rings. The number of thiophene rings is 1. The maximum absolute atomic E-state index is 13.9. The highest BCUT2D eigenvalue weighted by Crippen LogP contribution is 2.54. The van der Waals surface area contributed by atoms with E-state index >= 15 is 0 Å². The van der Waals surface area contributed by atoms with Crippen molar-refractivity contribution in [2.45, 2.75) is 6.42 Å². The normalized spacial score (nSPS) is 23.1. The van der Waals surface area contributed by atoms with Gasteiger partial charge in [-0.2, -0.15) is 4.98 Å². The summed E-state index contributed by atoms with van der Waals surface area (Å²) in [6, 6.07) is 3.82. The van der Waals surface area contributed by atoms with Crippen molar-refractivity contribution in [3.05, 3.63) is 46.7 Å². The van der Waals surface area contributed by atoms with E-state index in [9.17, 15) is 9.18 Å². The molecule has 6 nitrogen and oxygen atoms in total. The molecule has 2 unspecified atom stereocenters. The van der Waals surface area contributed by atoms with Crippen LogP contribution >= 0.6 is 22.9 Å². The number of pyridine rings is 1. The molecule has 4 heterocycles. The number of fused-ring (bicyclic) bond motifs is 2. The van der Waals surface area contributed by atoms with E-state index in [1.54, 1.807) is 12.4 Å². The summed E-state index contributed by atoms with van der Waals surface area (Å²) in [6.07, 6.45) is 5.56. The topological polar surface area (TPSA) is 71.0 Å². The zero-order valence-corrected chi connectivity index (χ0v) is 16.4. The second-order valence-electron chi connectivity index (χ2n) is 7.28. The van der Waals surface area contributed by atoms with E-state index in [0.29, 0.717) is 35.0 Å². The highest BCUT2D eigenvalue weighted by Gasteiger charge is 2.55. The Morgan fingerprint density at radius 1 is 1.36 bits per heavy atom. The third kappa shape index (κ3) is 3.20. The van der Waals surface area contributed by atoms with E-state index in [2.05, 4.69) is 20.3 Å². The van der Waals surface area contributed by atoms with Crippen LogP contribution in [-0.4, -0.2) is 40.5 Å². The van der Waals surface area contributed by atoms with E-state index in [1.165, 1.54) is 11.3 Å². The van der Waals surface area contributed by atoms with Gasteiger partial charge in [0, 0.05) is 32.0 Å². The van der Waals surface area contributed by atoms with E-state index in [1.807, 2.05) is 17.0 Å². The third-order valence-corrected chi connectivity index (χ3v) is 6.94. The van der Waals surface area contributed by atoms with Crippen LogP contribution < -0.4 is 10.2 Å². The summed E-state index contributed by atoms with van der Waals surface area (Å²) >= 11 is 7.25. The predicted molar refractivity (Wildman–Crippen MR) is 106 cm³/mol. The number of halogens is 2. The predicted octanol–water partition coefficient (Wildman–Crippen LogP) is 3.38. The summed E-state index contributed by atoms with van der Waals surface area (Å²) in [5.74, 6) is 1.45. The van der Waals surface area contributed by atoms with Crippen LogP contribution in [0.4, 0.5) is 10.2 Å². The van der Waals surface area contributed by atoms with Crippen LogP contribution in [0.25, 0.3) is 10.1 Å². The van der Waals surface area contributed by atoms with Gasteiger partial charge in [-0.1, -0.05) is 0 Å². The fourth-order valence-electron chi connectivity index (χ4n) is 4.25. The smallest absolute Gasteiger partial charge is 0.261 e. The molecule has 1 aliphatic heterocycles. The van der Waals surface area contributed by atoms with Gasteiger partial charge in [-0.3, -0.25) is 9.78 Å². The zero-order chi connectivity index (χ0) is 19.3. The number of anilines is 1. The summed E-state index contributed by atoms with van der Waals surface area (Å²) in [6.45, 7) is 2.20. The molecule has 1 N–H and O–H groups in total. The Bertz CT molecular complexity index is 1010. The van der Waals surface area contributed by atoms with Crippen molar-refractivity contribution in [3.8, 4) is 0 Å². The third-order valence-electron chi connectivity index (χ3n) is 5.68. The van der Waals surface area contributed by atoms with Crippen molar-refractivity contribution in [1.82, 2.24) is 20.3 Å². The highest BCUT2D eigenvalue weighted by atomic mass is 35.5. The van der Waals surface area contributed by atoms with Gasteiger partial charge >= 0.3 is 0 Å². The number of carbonyl (C=O) groups is 1. The summed E-state index contributed by atoms with van der Waals surface area (Å²) in [7, 11) is 0. The first kappa shape index (κ1) is 17.8. The largest absolute Gasteiger partial charge is 0.353 e. The first-order valence-electron chi connectivity index (χ1n) is 9.15. The minimum Gasteiger partial charge on any atom is -0.353 e. The molecule has 0 spiro atoms. The Morgan fingerprint density at radius 3 is 2.96 bits per heavy atom. The quantitative estimate of drug-likeness (QED) is 0.644. The molecule has 0 bridgehead atoms. The van der Waals surface area contributed by atoms with E-state index in [-0.39, 0.29) is 11.2 Å². The number of aromatic nitrogens is 3. The standard InChI is InChI=1S/C19H17ClFN5OS/c20-19-24-6-14(21)17(25-19)26-8-12-11(13(12)9-26)2-4-23-18(27)15-5-10-1-3-22-7-16(10)28-15/h1,3,5-7,11-13H,2,4,8-9H2,(H,23,27). The lowest BCUT2D eigenvalue weighted by molar-refractivity contribution is 0.0956. The molecule has 9 heteroatoms. The van der Waals surface area contributed by atoms with Gasteiger partial charge in [0.1, 0.15) is 0 Å². The fourth-order valence-corrected chi connectivity index (χ4v) is 5.32. The minimum atomic E-state index is -0.437. The van der Waals surface area contributed by atoms with Crippen molar-refractivity contribution in [2.75, 3.05) is 24.5 Å². The summed E-state index contributed by atoms with van der Waals surface area (Å²) in [5.41, 5.74) is 0. The number of carbonyl (C=O) groups excluding carboxylic acids is 1. The molecule has 0 aromatic carbocycles. The summed E-state index contributed by atoms with van der Waals surface area (Å²) < 4.78 is 14.9. The maximum Gasteiger partial charge on any atom is 0.261 e. The van der Waals surface area contributed by atoms with Gasteiger partial charge in [-0.15, -0.1) is 11.3 Å². The van der Waals surface area contributed by atoms with Crippen molar-refractivity contribution in [3.63, 3.8) is 0 Å². The number of amides is 1. The Kier molecular flexibility index (Phi) is 4.40. The van der Waals surface area contributed by atoms with Gasteiger partial charge in [-0.05, 0) is 53.3 Å². The lowest BCUT2D eigenvalue weighted by Crippen LogP contribution is -2.28. The molecule has 28 heavy (non-hydrogen) atoms. The number of hydrogen-bond donors (Lipinski definition) is 1. The number of hydrogen-bond acceptors (Lipinski definition) is 6. The number of piperidine rings is 1. The van der Waals surface area contributed by atoms with E-state index in [4.69, 9.17) is 11.6 Å². The molecule has 1 saturated heterocycles. The molecule has 3 aromatic rings. The number of nitrogens with zero attached hydrogens (tertiary/aromatic N) is 4. The van der Waals surface area contributed by atoms with Gasteiger partial charge in [0.05, 0.1) is 15.8 Å². The molecule has 1 amide bonds. The molecule has 2 atom stereocenters. The Morgan fingerprint density at radius 2 is 2.18 bits per heavy atom. The molecular weight excluding hydrogens is 401 g/mol. The highest BCUT2D eigenvalue weighted by molar-refractivity contribution is 7.20. The van der Waals surface area contributed by atoms with Crippen LogP contribution in [0.15, 0.2) is 30.7 Å². The van der Waals surface area contributed by atoms with Gasteiger partial charge in [-0.25, -0.2) is 9.37 Å². The first-order chi connectivity index (χ1) is 13.6. The first-order valence-corrected chi connectivity index (χ1v) is 10.3. The van der Waals surface area contributed by atoms with Crippen LogP contribution in [0.2, 0.25) is 5.28 Å². The van der Waals surface area contributed by atoms with Crippen molar-refractivity contribution >= 4 is 44.7 Å². The molecule has 0 radical (unpaired) electrons. The Labute approximate surface area is 169 Å². The lowest BCUT2D eigenvalue weighted by Gasteiger charge is -2.21. The van der Waals surface area contributed by atoms with Crippen LogP contribution in [0.1, 0.15) is 16.1 Å². The zero-order valence-electron chi connectivity index (χ0n) is 14.8. The van der Waals surface area contributed by atoms with Crippen LogP contribution in [0.5, 0.6) is 0 Å². The minimum absolute atomic E-state index is 0.0358. The monoisotopic (exact) mass is 417 g/mol. The Balaban J connectivity index is 1.12. The molecule has 2 aliphatic rings. The van der Waals surface area contributed by atoms with Crippen LogP contribution in [-0.2, 0) is 0 Å². The molecular formula is C19H17ClFN5OS. The van der Waals surface area contributed by atoms with Gasteiger partial charge in [0.15, 0.2) is 11.6 Å². The number of rotatable bonds is 5. The van der Waals surface area contributed by atoms with Crippen LogP contribution in [0.3, 0.4) is 0 Å². The summed E-state index contributed by atoms with van der Waals surface area (Å²) in [4.78, 5) is 26.8. The maximum atomic E-state index is 13.9. The molecule has 1 saturated carbocycles. The average molecular weight is 418 g/mol. The van der Waals surface area contributed by atoms with Gasteiger partial charge in [0.2, 0.25) is 5.28 Å². The average Bonchev–Trinajstić information content (AvgIpc) is 3.05. The Hall–Kier alpha value is -2.32. The lowest BCUT2D eigenvalue weighted by atomic mass is 10.2. The second-order valence-corrected chi connectivity index (χ2v) is 8.70. The van der Waals surface area contributed by atoms with Crippen LogP contribution in [0, 0.1) is 23.6 Å². The van der Waals surface area contributed by atoms with E-state index < -0.39 is 5.82 Å². The van der Waals surface area contributed by atoms with Crippen molar-refractivity contribution < 1.29 is 9.18 Å². The van der Waals surface area contributed by atoms with Crippen molar-refractivity contribution in [1.29, 1.82) is 0 Å². The molecule has 1 aliphatic carbocycles. The van der Waals surface area contributed by atoms with Gasteiger partial charge in [0.25, 0.3) is 5.91 Å². The van der Waals surface area contributed by atoms with Gasteiger partial charge < -0.3 is 10.2 Å². The second kappa shape index (κ2) is 6.93. The molecule has 3 aromatic heterocycles. The van der Waals surface area contributed by atoms with Crippen molar-refractivity contribution in [2.24, 2.45) is 17.8 Å². The number of nitrogens with one attached hydrogen (secondary N) is 1. The fraction of sp³-hybridized carbons (Fsp3) is 0.368.